The van der Waals surface area contributed by atoms with E-state index in [0.29, 0.717) is 16.7 Å². The summed E-state index contributed by atoms with van der Waals surface area (Å²) >= 11 is 1.18. The molecule has 0 radical (unpaired) electrons. The number of amides is 1. The number of aryl methyl sites for hydroxylation is 1. The molecule has 0 saturated carbocycles. The summed E-state index contributed by atoms with van der Waals surface area (Å²) in [5, 5.41) is 20.2. The molecule has 0 spiro atoms. The van der Waals surface area contributed by atoms with E-state index in [0.717, 1.165) is 11.3 Å². The molecule has 0 aliphatic carbocycles. The monoisotopic (exact) mass is 355 g/mol. The molecule has 0 bridgehead atoms. The maximum atomic E-state index is 12.3. The van der Waals surface area contributed by atoms with Crippen molar-refractivity contribution in [3.8, 4) is 17.2 Å². The standard InChI is InChI=1S/C18H17N3O3S/c1-11-6-3-4-9-15(11)19-16(23)12(2)25-18-21-20-17(24-18)13-7-5-8-14(22)10-13/h3-10,12,22H,1-2H3,(H,19,23). The molecule has 2 N–H and O–H groups in total. The fourth-order valence-electron chi connectivity index (χ4n) is 2.17. The van der Waals surface area contributed by atoms with E-state index in [4.69, 9.17) is 4.42 Å². The SMILES string of the molecule is Cc1ccccc1NC(=O)C(C)Sc1nnc(-c2cccc(O)c2)o1. The summed E-state index contributed by atoms with van der Waals surface area (Å²) < 4.78 is 5.57. The van der Waals surface area contributed by atoms with Gasteiger partial charge in [0.1, 0.15) is 5.75 Å². The lowest BCUT2D eigenvalue weighted by atomic mass is 10.2. The van der Waals surface area contributed by atoms with Gasteiger partial charge in [0, 0.05) is 11.3 Å². The number of phenolic OH excluding ortho intramolecular Hbond substituents is 1. The molecule has 25 heavy (non-hydrogen) atoms. The minimum atomic E-state index is -0.405. The molecule has 3 rings (SSSR count). The Morgan fingerprint density at radius 1 is 1.20 bits per heavy atom. The predicted octanol–water partition coefficient (Wildman–Crippen LogP) is 3.87. The van der Waals surface area contributed by atoms with Gasteiger partial charge >= 0.3 is 0 Å². The van der Waals surface area contributed by atoms with Crippen LogP contribution in [0, 0.1) is 6.92 Å². The number of hydrogen-bond donors (Lipinski definition) is 2. The minimum Gasteiger partial charge on any atom is -0.508 e. The molecule has 1 aromatic heterocycles. The number of carbonyl (C=O) groups excluding carboxylic acids is 1. The zero-order chi connectivity index (χ0) is 17.8. The number of benzene rings is 2. The summed E-state index contributed by atoms with van der Waals surface area (Å²) in [5.41, 5.74) is 2.40. The van der Waals surface area contributed by atoms with Gasteiger partial charge in [0.2, 0.25) is 11.8 Å². The molecular formula is C18H17N3O3S. The molecule has 0 aliphatic rings. The molecule has 0 fully saturated rings. The maximum Gasteiger partial charge on any atom is 0.277 e. The second kappa shape index (κ2) is 7.40. The average molecular weight is 355 g/mol. The maximum absolute atomic E-state index is 12.3. The van der Waals surface area contributed by atoms with Crippen LogP contribution in [0.1, 0.15) is 12.5 Å². The molecular weight excluding hydrogens is 338 g/mol. The number of aromatic nitrogens is 2. The molecule has 128 valence electrons. The highest BCUT2D eigenvalue weighted by Gasteiger charge is 2.19. The van der Waals surface area contributed by atoms with Crippen LogP contribution in [0.25, 0.3) is 11.5 Å². The molecule has 6 nitrogen and oxygen atoms in total. The number of para-hydroxylation sites is 1. The van der Waals surface area contributed by atoms with Crippen LogP contribution in [0.5, 0.6) is 5.75 Å². The molecule has 1 amide bonds. The molecule has 0 saturated heterocycles. The second-order valence-electron chi connectivity index (χ2n) is 5.49. The van der Waals surface area contributed by atoms with Crippen LogP contribution in [0.3, 0.4) is 0 Å². The van der Waals surface area contributed by atoms with Gasteiger partial charge in [0.15, 0.2) is 0 Å². The molecule has 1 unspecified atom stereocenters. The fourth-order valence-corrected chi connectivity index (χ4v) is 2.85. The average Bonchev–Trinajstić information content (AvgIpc) is 3.05. The summed E-state index contributed by atoms with van der Waals surface area (Å²) in [6.07, 6.45) is 0. The predicted molar refractivity (Wildman–Crippen MR) is 96.5 cm³/mol. The van der Waals surface area contributed by atoms with E-state index in [1.165, 1.54) is 17.8 Å². The quantitative estimate of drug-likeness (QED) is 0.676. The van der Waals surface area contributed by atoms with Gasteiger partial charge in [-0.25, -0.2) is 0 Å². The van der Waals surface area contributed by atoms with Gasteiger partial charge in [-0.3, -0.25) is 4.79 Å². The Bertz CT molecular complexity index is 895. The first-order valence-electron chi connectivity index (χ1n) is 7.69. The van der Waals surface area contributed by atoms with Crippen molar-refractivity contribution < 1.29 is 14.3 Å². The number of carbonyl (C=O) groups is 1. The van der Waals surface area contributed by atoms with Gasteiger partial charge in [-0.15, -0.1) is 10.2 Å². The van der Waals surface area contributed by atoms with Crippen molar-refractivity contribution in [3.05, 3.63) is 54.1 Å². The summed E-state index contributed by atoms with van der Waals surface area (Å²) in [4.78, 5) is 12.3. The largest absolute Gasteiger partial charge is 0.508 e. The Balaban J connectivity index is 1.66. The molecule has 1 heterocycles. The second-order valence-corrected chi connectivity index (χ2v) is 6.78. The molecule has 0 aliphatic heterocycles. The Labute approximate surface area is 149 Å². The number of thioether (sulfide) groups is 1. The summed E-state index contributed by atoms with van der Waals surface area (Å²) in [5.74, 6) is 0.275. The number of phenols is 1. The molecule has 2 aromatic carbocycles. The van der Waals surface area contributed by atoms with Crippen molar-refractivity contribution in [2.24, 2.45) is 0 Å². The number of nitrogens with zero attached hydrogens (tertiary/aromatic N) is 2. The van der Waals surface area contributed by atoms with E-state index in [2.05, 4.69) is 15.5 Å². The van der Waals surface area contributed by atoms with Gasteiger partial charge in [-0.2, -0.15) is 0 Å². The van der Waals surface area contributed by atoms with Gasteiger partial charge in [-0.05, 0) is 43.7 Å². The third-order valence-electron chi connectivity index (χ3n) is 3.55. The lowest BCUT2D eigenvalue weighted by molar-refractivity contribution is -0.115. The fraction of sp³-hybridized carbons (Fsp3) is 0.167. The Morgan fingerprint density at radius 3 is 2.76 bits per heavy atom. The first-order valence-corrected chi connectivity index (χ1v) is 8.57. The molecule has 1 atom stereocenters. The van der Waals surface area contributed by atoms with Gasteiger partial charge < -0.3 is 14.8 Å². The first kappa shape index (κ1) is 17.0. The lowest BCUT2D eigenvalue weighted by Crippen LogP contribution is -2.22. The minimum absolute atomic E-state index is 0.121. The van der Waals surface area contributed by atoms with E-state index < -0.39 is 5.25 Å². The van der Waals surface area contributed by atoms with Crippen molar-refractivity contribution in [2.45, 2.75) is 24.3 Å². The van der Waals surface area contributed by atoms with Crippen molar-refractivity contribution in [2.75, 3.05) is 5.32 Å². The Hall–Kier alpha value is -2.80. The normalized spacial score (nSPS) is 11.9. The Morgan fingerprint density at radius 2 is 2.00 bits per heavy atom. The molecule has 3 aromatic rings. The number of aromatic hydroxyl groups is 1. The van der Waals surface area contributed by atoms with E-state index >= 15 is 0 Å². The highest BCUT2D eigenvalue weighted by atomic mass is 32.2. The van der Waals surface area contributed by atoms with Crippen LogP contribution in [-0.2, 0) is 4.79 Å². The van der Waals surface area contributed by atoms with Crippen molar-refractivity contribution in [3.63, 3.8) is 0 Å². The number of rotatable bonds is 5. The third kappa shape index (κ3) is 4.19. The number of hydrogen-bond acceptors (Lipinski definition) is 6. The van der Waals surface area contributed by atoms with Crippen LogP contribution >= 0.6 is 11.8 Å². The summed E-state index contributed by atoms with van der Waals surface area (Å²) in [6.45, 7) is 3.71. The van der Waals surface area contributed by atoms with Gasteiger partial charge in [0.25, 0.3) is 5.22 Å². The van der Waals surface area contributed by atoms with E-state index in [1.54, 1.807) is 25.1 Å². The van der Waals surface area contributed by atoms with Crippen LogP contribution in [0.4, 0.5) is 5.69 Å². The lowest BCUT2D eigenvalue weighted by Gasteiger charge is -2.11. The topological polar surface area (TPSA) is 88.2 Å². The van der Waals surface area contributed by atoms with E-state index in [9.17, 15) is 9.90 Å². The Kier molecular flexibility index (Phi) is 5.04. The van der Waals surface area contributed by atoms with E-state index in [-0.39, 0.29) is 11.7 Å². The van der Waals surface area contributed by atoms with Gasteiger partial charge in [-0.1, -0.05) is 36.0 Å². The van der Waals surface area contributed by atoms with E-state index in [1.807, 2.05) is 31.2 Å². The summed E-state index contributed by atoms with van der Waals surface area (Å²) in [7, 11) is 0. The number of anilines is 1. The van der Waals surface area contributed by atoms with Crippen LogP contribution in [0.15, 0.2) is 58.2 Å². The summed E-state index contributed by atoms with van der Waals surface area (Å²) in [6, 6.07) is 14.1. The smallest absolute Gasteiger partial charge is 0.277 e. The third-order valence-corrected chi connectivity index (χ3v) is 4.48. The molecule has 7 heteroatoms. The zero-order valence-corrected chi connectivity index (χ0v) is 14.6. The van der Waals surface area contributed by atoms with Crippen molar-refractivity contribution in [1.29, 1.82) is 0 Å². The van der Waals surface area contributed by atoms with Crippen LogP contribution in [-0.4, -0.2) is 26.5 Å². The zero-order valence-electron chi connectivity index (χ0n) is 13.8. The van der Waals surface area contributed by atoms with Crippen LogP contribution in [0.2, 0.25) is 0 Å². The first-order chi connectivity index (χ1) is 12.0. The number of nitrogens with one attached hydrogen (secondary N) is 1. The highest BCUT2D eigenvalue weighted by Crippen LogP contribution is 2.28. The van der Waals surface area contributed by atoms with Crippen molar-refractivity contribution in [1.82, 2.24) is 10.2 Å². The van der Waals surface area contributed by atoms with Gasteiger partial charge in [0.05, 0.1) is 5.25 Å². The van der Waals surface area contributed by atoms with Crippen molar-refractivity contribution >= 4 is 23.4 Å². The van der Waals surface area contributed by atoms with Crippen LogP contribution < -0.4 is 5.32 Å². The highest BCUT2D eigenvalue weighted by molar-refractivity contribution is 8.00.